The van der Waals surface area contributed by atoms with Gasteiger partial charge < -0.3 is 4.74 Å². The monoisotopic (exact) mass is 485 g/mol. The summed E-state index contributed by atoms with van der Waals surface area (Å²) in [6.45, 7) is 1.58. The van der Waals surface area contributed by atoms with Crippen molar-refractivity contribution in [2.75, 3.05) is 11.8 Å². The lowest BCUT2D eigenvalue weighted by atomic mass is 10.0. The van der Waals surface area contributed by atoms with Crippen LogP contribution in [-0.4, -0.2) is 31.5 Å². The highest BCUT2D eigenvalue weighted by Crippen LogP contribution is 2.41. The maximum absolute atomic E-state index is 13.7. The van der Waals surface area contributed by atoms with Gasteiger partial charge in [0.05, 0.1) is 23.3 Å². The molecule has 1 heterocycles. The van der Waals surface area contributed by atoms with Crippen LogP contribution in [0.1, 0.15) is 21.5 Å². The second kappa shape index (κ2) is 8.75. The number of aryl methyl sites for hydroxylation is 1. The molecule has 2 aromatic carbocycles. The average molecular weight is 486 g/mol. The number of ether oxygens (including phenoxy) is 1. The van der Waals surface area contributed by atoms with Gasteiger partial charge in [0.25, 0.3) is 10.0 Å². The zero-order chi connectivity index (χ0) is 23.7. The minimum absolute atomic E-state index is 0.0395. The maximum atomic E-state index is 13.7. The molecule has 0 unspecified atom stereocenters. The van der Waals surface area contributed by atoms with Gasteiger partial charge >= 0.3 is 12.1 Å². The maximum Gasteiger partial charge on any atom is 0.421 e. The number of nitrogens with one attached hydrogen (secondary N) is 1. The summed E-state index contributed by atoms with van der Waals surface area (Å²) < 4.78 is 73.1. The van der Waals surface area contributed by atoms with Gasteiger partial charge in [0.2, 0.25) is 5.95 Å². The Morgan fingerprint density at radius 2 is 1.78 bits per heavy atom. The Kier molecular flexibility index (Phi) is 6.42. The van der Waals surface area contributed by atoms with E-state index >= 15 is 0 Å². The summed E-state index contributed by atoms with van der Waals surface area (Å²) >= 11 is 5.81. The molecule has 1 N–H and O–H groups in total. The van der Waals surface area contributed by atoms with E-state index in [1.165, 1.54) is 30.3 Å². The lowest BCUT2D eigenvalue weighted by molar-refractivity contribution is -0.137. The van der Waals surface area contributed by atoms with E-state index in [0.29, 0.717) is 5.56 Å². The van der Waals surface area contributed by atoms with E-state index in [0.717, 1.165) is 13.2 Å². The molecular formula is C20H15ClF3N3O4S. The number of sulfonamides is 1. The number of hydrogen-bond acceptors (Lipinski definition) is 6. The number of methoxy groups -OCH3 is 1. The third-order valence-corrected chi connectivity index (χ3v) is 5.94. The van der Waals surface area contributed by atoms with Crippen LogP contribution in [-0.2, 0) is 20.9 Å². The van der Waals surface area contributed by atoms with Crippen molar-refractivity contribution >= 4 is 33.5 Å². The lowest BCUT2D eigenvalue weighted by Crippen LogP contribution is -2.18. The number of benzene rings is 2. The van der Waals surface area contributed by atoms with Gasteiger partial charge in [0, 0.05) is 5.56 Å². The average Bonchev–Trinajstić information content (AvgIpc) is 2.72. The first-order valence-corrected chi connectivity index (χ1v) is 10.7. The highest BCUT2D eigenvalue weighted by molar-refractivity contribution is 7.92. The van der Waals surface area contributed by atoms with E-state index in [9.17, 15) is 26.4 Å². The fraction of sp³-hybridized carbons (Fsp3) is 0.150. The van der Waals surface area contributed by atoms with Gasteiger partial charge in [-0.3, -0.25) is 0 Å². The molecule has 0 atom stereocenters. The smallest absolute Gasteiger partial charge is 0.421 e. The quantitative estimate of drug-likeness (QED) is 0.415. The van der Waals surface area contributed by atoms with Crippen LogP contribution in [0.25, 0.3) is 11.3 Å². The fourth-order valence-corrected chi connectivity index (χ4v) is 4.12. The van der Waals surface area contributed by atoms with Crippen LogP contribution in [0.2, 0.25) is 5.15 Å². The number of carbonyl (C=O) groups is 1. The molecule has 0 aliphatic heterocycles. The first-order chi connectivity index (χ1) is 14.9. The Morgan fingerprint density at radius 1 is 1.09 bits per heavy atom. The van der Waals surface area contributed by atoms with E-state index < -0.39 is 44.5 Å². The molecular weight excluding hydrogens is 471 g/mol. The van der Waals surface area contributed by atoms with Crippen molar-refractivity contribution in [3.05, 3.63) is 70.4 Å². The molecule has 0 amide bonds. The van der Waals surface area contributed by atoms with Gasteiger partial charge in [-0.25, -0.2) is 22.9 Å². The molecule has 3 rings (SSSR count). The summed E-state index contributed by atoms with van der Waals surface area (Å²) in [6.07, 6.45) is -4.89. The molecule has 0 fully saturated rings. The summed E-state index contributed by atoms with van der Waals surface area (Å²) in [4.78, 5) is 18.6. The van der Waals surface area contributed by atoms with Crippen molar-refractivity contribution < 1.29 is 31.1 Å². The van der Waals surface area contributed by atoms with Crippen LogP contribution < -0.4 is 4.72 Å². The van der Waals surface area contributed by atoms with Crippen molar-refractivity contribution in [2.24, 2.45) is 0 Å². The fourth-order valence-electron chi connectivity index (χ4n) is 2.85. The van der Waals surface area contributed by atoms with Crippen LogP contribution in [0, 0.1) is 6.92 Å². The molecule has 7 nitrogen and oxygen atoms in total. The number of aromatic nitrogens is 2. The van der Waals surface area contributed by atoms with Gasteiger partial charge in [-0.15, -0.1) is 0 Å². The molecule has 12 heteroatoms. The van der Waals surface area contributed by atoms with Crippen molar-refractivity contribution in [3.8, 4) is 11.3 Å². The largest absolute Gasteiger partial charge is 0.465 e. The SMILES string of the molecule is COC(=O)c1cccc(S(=O)(=O)Nc2nc(Cl)c(C(F)(F)F)c(-c3ccccc3C)n2)c1. The molecule has 0 radical (unpaired) electrons. The Labute approximate surface area is 186 Å². The third kappa shape index (κ3) is 4.83. The van der Waals surface area contributed by atoms with Crippen LogP contribution in [0.15, 0.2) is 53.4 Å². The number of hydrogen-bond donors (Lipinski definition) is 1. The van der Waals surface area contributed by atoms with Gasteiger partial charge in [0.15, 0.2) is 0 Å². The Hall–Kier alpha value is -3.18. The van der Waals surface area contributed by atoms with Crippen molar-refractivity contribution in [2.45, 2.75) is 18.0 Å². The summed E-state index contributed by atoms with van der Waals surface area (Å²) in [6, 6.07) is 11.0. The van der Waals surface area contributed by atoms with Gasteiger partial charge in [0.1, 0.15) is 10.7 Å². The summed E-state index contributed by atoms with van der Waals surface area (Å²) in [7, 11) is -3.24. The highest BCUT2D eigenvalue weighted by atomic mass is 35.5. The summed E-state index contributed by atoms with van der Waals surface area (Å²) in [5.41, 5.74) is -1.33. The number of nitrogens with zero attached hydrogens (tertiary/aromatic N) is 2. The van der Waals surface area contributed by atoms with Crippen LogP contribution in [0.5, 0.6) is 0 Å². The van der Waals surface area contributed by atoms with Crippen LogP contribution >= 0.6 is 11.6 Å². The first-order valence-electron chi connectivity index (χ1n) is 8.86. The van der Waals surface area contributed by atoms with Crippen molar-refractivity contribution in [1.82, 2.24) is 9.97 Å². The van der Waals surface area contributed by atoms with Gasteiger partial charge in [-0.1, -0.05) is 41.9 Å². The molecule has 0 aliphatic carbocycles. The second-order valence-electron chi connectivity index (χ2n) is 6.50. The van der Waals surface area contributed by atoms with E-state index in [-0.39, 0.29) is 16.0 Å². The van der Waals surface area contributed by atoms with Crippen molar-refractivity contribution in [1.29, 1.82) is 0 Å². The number of rotatable bonds is 5. The highest BCUT2D eigenvalue weighted by Gasteiger charge is 2.39. The summed E-state index contributed by atoms with van der Waals surface area (Å²) in [5.74, 6) is -1.43. The van der Waals surface area contributed by atoms with E-state index in [1.807, 2.05) is 4.72 Å². The first kappa shape index (κ1) is 23.5. The number of halogens is 4. The zero-order valence-electron chi connectivity index (χ0n) is 16.6. The van der Waals surface area contributed by atoms with Crippen LogP contribution in [0.4, 0.5) is 19.1 Å². The molecule has 0 saturated carbocycles. The molecule has 1 aromatic heterocycles. The molecule has 3 aromatic rings. The topological polar surface area (TPSA) is 98.2 Å². The number of carbonyl (C=O) groups excluding carboxylic acids is 1. The molecule has 0 saturated heterocycles. The lowest BCUT2D eigenvalue weighted by Gasteiger charge is -2.16. The normalized spacial score (nSPS) is 11.8. The second-order valence-corrected chi connectivity index (χ2v) is 8.54. The molecule has 0 bridgehead atoms. The third-order valence-electron chi connectivity index (χ3n) is 4.34. The van der Waals surface area contributed by atoms with E-state index in [2.05, 4.69) is 14.7 Å². The van der Waals surface area contributed by atoms with Gasteiger partial charge in [-0.05, 0) is 30.7 Å². The van der Waals surface area contributed by atoms with E-state index in [4.69, 9.17) is 11.6 Å². The minimum atomic E-state index is -4.89. The number of alkyl halides is 3. The number of esters is 1. The predicted molar refractivity (Wildman–Crippen MR) is 111 cm³/mol. The van der Waals surface area contributed by atoms with E-state index in [1.54, 1.807) is 19.1 Å². The Morgan fingerprint density at radius 3 is 2.41 bits per heavy atom. The molecule has 0 spiro atoms. The summed E-state index contributed by atoms with van der Waals surface area (Å²) in [5, 5.41) is -0.966. The molecule has 32 heavy (non-hydrogen) atoms. The minimum Gasteiger partial charge on any atom is -0.465 e. The molecule has 168 valence electrons. The Bertz CT molecular complexity index is 1300. The predicted octanol–water partition coefficient (Wildman–Crippen LogP) is 4.71. The molecule has 0 aliphatic rings. The van der Waals surface area contributed by atoms with Gasteiger partial charge in [-0.2, -0.15) is 18.2 Å². The zero-order valence-corrected chi connectivity index (χ0v) is 18.1. The van der Waals surface area contributed by atoms with Crippen molar-refractivity contribution in [3.63, 3.8) is 0 Å². The standard InChI is InChI=1S/C20H15ClF3N3O4S/c1-11-6-3-4-9-14(11)16-15(20(22,23)24)17(21)26-19(25-16)27-32(29,30)13-8-5-7-12(10-13)18(28)31-2/h3-10H,1-2H3,(H,25,26,27). The van der Waals surface area contributed by atoms with Crippen LogP contribution in [0.3, 0.4) is 0 Å². The number of anilines is 1. The Balaban J connectivity index is 2.12.